The molecule has 14 heteroatoms. The molecule has 3 aliphatic heterocycles. The van der Waals surface area contributed by atoms with E-state index >= 15 is 0 Å². The maximum atomic E-state index is 13.1. The van der Waals surface area contributed by atoms with Gasteiger partial charge in [-0.1, -0.05) is 24.4 Å². The summed E-state index contributed by atoms with van der Waals surface area (Å²) >= 11 is 5.92. The summed E-state index contributed by atoms with van der Waals surface area (Å²) in [5.41, 5.74) is 0.894. The summed E-state index contributed by atoms with van der Waals surface area (Å²) in [6.07, 6.45) is 10.3. The highest BCUT2D eigenvalue weighted by Crippen LogP contribution is 2.40. The predicted octanol–water partition coefficient (Wildman–Crippen LogP) is 4.90. The van der Waals surface area contributed by atoms with Gasteiger partial charge in [0.05, 0.1) is 18.8 Å². The number of aromatic nitrogens is 4. The van der Waals surface area contributed by atoms with Crippen LogP contribution in [0.5, 0.6) is 0 Å². The molecule has 5 fully saturated rings. The molecule has 238 valence electrons. The van der Waals surface area contributed by atoms with E-state index < -0.39 is 18.1 Å². The number of alkyl halides is 1. The molecule has 0 amide bonds. The van der Waals surface area contributed by atoms with Crippen LogP contribution in [0.3, 0.4) is 0 Å². The van der Waals surface area contributed by atoms with Gasteiger partial charge in [0.15, 0.2) is 0 Å². The van der Waals surface area contributed by atoms with Crippen LogP contribution >= 0.6 is 11.6 Å². The normalized spacial score (nSPS) is 20.9. The first-order valence-corrected chi connectivity index (χ1v) is 15.6. The van der Waals surface area contributed by atoms with Crippen molar-refractivity contribution in [1.29, 1.82) is 0 Å². The van der Waals surface area contributed by atoms with Crippen molar-refractivity contribution >= 4 is 35.2 Å². The number of halogens is 3. The minimum Gasteiger partial charge on any atom is -0.478 e. The quantitative estimate of drug-likeness (QED) is 0.245. The Kier molecular flexibility index (Phi) is 10.6. The third-order valence-electron chi connectivity index (χ3n) is 8.05. The van der Waals surface area contributed by atoms with Gasteiger partial charge in [0, 0.05) is 62.2 Å². The topological polar surface area (TPSA) is 136 Å². The monoisotopic (exact) mass is 633 g/mol. The molecule has 0 radical (unpaired) electrons. The molecule has 3 saturated heterocycles. The van der Waals surface area contributed by atoms with E-state index in [1.807, 2.05) is 4.90 Å². The molecule has 0 unspecified atom stereocenters. The summed E-state index contributed by atoms with van der Waals surface area (Å²) in [7, 11) is 0. The van der Waals surface area contributed by atoms with Crippen molar-refractivity contribution in [3.8, 4) is 0 Å². The molecule has 2 aromatic rings. The Morgan fingerprint density at radius 2 is 1.27 bits per heavy atom. The second kappa shape index (κ2) is 14.6. The fourth-order valence-electron chi connectivity index (χ4n) is 5.14. The summed E-state index contributed by atoms with van der Waals surface area (Å²) in [6, 6.07) is 3.83. The van der Waals surface area contributed by atoms with Gasteiger partial charge in [-0.25, -0.2) is 33.9 Å². The number of hydrogen-bond donors (Lipinski definition) is 2. The molecule has 2 aromatic heterocycles. The molecule has 5 aliphatic rings. The fraction of sp³-hybridized carbons (Fsp3) is 0.600. The van der Waals surface area contributed by atoms with E-state index in [-0.39, 0.29) is 5.92 Å². The van der Waals surface area contributed by atoms with Crippen LogP contribution in [0.15, 0.2) is 24.3 Å². The number of aliphatic carboxylic acids is 2. The van der Waals surface area contributed by atoms with Crippen molar-refractivity contribution in [2.75, 3.05) is 49.1 Å². The van der Waals surface area contributed by atoms with Gasteiger partial charge < -0.3 is 20.0 Å². The van der Waals surface area contributed by atoms with Crippen LogP contribution in [0.1, 0.15) is 86.5 Å². The zero-order chi connectivity index (χ0) is 31.2. The molecule has 0 spiro atoms. The molecule has 44 heavy (non-hydrogen) atoms. The van der Waals surface area contributed by atoms with Crippen LogP contribution in [0.2, 0.25) is 5.15 Å². The lowest BCUT2D eigenvalue weighted by Crippen LogP contribution is -2.49. The second-order valence-corrected chi connectivity index (χ2v) is 12.3. The number of hydrogen-bond acceptors (Lipinski definition) is 9. The van der Waals surface area contributed by atoms with Gasteiger partial charge in [0.2, 0.25) is 0 Å². The molecular formula is C30H38ClF2N7O4. The average molecular weight is 634 g/mol. The van der Waals surface area contributed by atoms with Crippen LogP contribution in [-0.4, -0.2) is 92.6 Å². The van der Waals surface area contributed by atoms with Gasteiger partial charge in [0.1, 0.15) is 34.6 Å². The highest BCUT2D eigenvalue weighted by Gasteiger charge is 2.33. The van der Waals surface area contributed by atoms with Gasteiger partial charge >= 0.3 is 11.9 Å². The summed E-state index contributed by atoms with van der Waals surface area (Å²) in [5, 5.41) is 16.9. The number of nitrogens with zero attached hydrogens (tertiary/aromatic N) is 7. The van der Waals surface area contributed by atoms with Gasteiger partial charge in [-0.2, -0.15) is 0 Å². The molecule has 0 aromatic carbocycles. The second-order valence-electron chi connectivity index (χ2n) is 11.9. The largest absolute Gasteiger partial charge is 0.478 e. The molecule has 0 bridgehead atoms. The highest BCUT2D eigenvalue weighted by molar-refractivity contribution is 6.29. The van der Waals surface area contributed by atoms with Crippen molar-refractivity contribution < 1.29 is 28.7 Å². The highest BCUT2D eigenvalue weighted by atomic mass is 35.5. The average Bonchev–Trinajstić information content (AvgIpc) is 3.84. The molecule has 2 saturated carbocycles. The molecule has 11 nitrogen and oxygen atoms in total. The first kappa shape index (κ1) is 32.0. The number of anilines is 2. The van der Waals surface area contributed by atoms with Crippen molar-refractivity contribution in [2.24, 2.45) is 0 Å². The Hall–Kier alpha value is -3.45. The van der Waals surface area contributed by atoms with Crippen LogP contribution < -0.4 is 9.80 Å². The minimum atomic E-state index is -1.26. The van der Waals surface area contributed by atoms with Crippen LogP contribution in [0.25, 0.3) is 0 Å². The van der Waals surface area contributed by atoms with Crippen LogP contribution in [0, 0.1) is 0 Å². The first-order valence-electron chi connectivity index (χ1n) is 15.3. The van der Waals surface area contributed by atoms with E-state index in [1.54, 1.807) is 6.07 Å². The molecule has 7 rings (SSSR count). The van der Waals surface area contributed by atoms with Crippen molar-refractivity contribution in [3.05, 3.63) is 46.8 Å². The van der Waals surface area contributed by atoms with E-state index in [0.29, 0.717) is 55.3 Å². The van der Waals surface area contributed by atoms with Crippen molar-refractivity contribution in [3.63, 3.8) is 0 Å². The maximum absolute atomic E-state index is 13.1. The van der Waals surface area contributed by atoms with Crippen molar-refractivity contribution in [1.82, 2.24) is 25.1 Å². The lowest BCUT2D eigenvalue weighted by atomic mass is 9.99. The SMILES string of the molecule is FC1CN(c2cc(N3CCCCCC3)nc(C3CC3)n2)C1.FN1CC(c2cc(Cl)nc(C3CC3)n2)C1.O=C(O)/C=C/C(=O)O. The van der Waals surface area contributed by atoms with Gasteiger partial charge in [-0.05, 0) is 44.6 Å². The zero-order valence-electron chi connectivity index (χ0n) is 24.5. The Labute approximate surface area is 259 Å². The zero-order valence-corrected chi connectivity index (χ0v) is 25.2. The first-order chi connectivity index (χ1) is 21.1. The van der Waals surface area contributed by atoms with E-state index in [1.165, 1.54) is 38.5 Å². The number of carboxylic acid groups (broad SMARTS) is 2. The van der Waals surface area contributed by atoms with E-state index in [9.17, 15) is 18.5 Å². The lowest BCUT2D eigenvalue weighted by molar-refractivity contribution is -0.134. The maximum Gasteiger partial charge on any atom is 0.328 e. The van der Waals surface area contributed by atoms with Gasteiger partial charge in [0.25, 0.3) is 0 Å². The third kappa shape index (κ3) is 9.28. The fourth-order valence-corrected chi connectivity index (χ4v) is 5.34. The van der Waals surface area contributed by atoms with Gasteiger partial charge in [-0.15, -0.1) is 9.60 Å². The van der Waals surface area contributed by atoms with Crippen LogP contribution in [-0.2, 0) is 9.59 Å². The summed E-state index contributed by atoms with van der Waals surface area (Å²) < 4.78 is 25.7. The Bertz CT molecular complexity index is 1320. The molecular weight excluding hydrogens is 596 g/mol. The minimum absolute atomic E-state index is 0.188. The summed E-state index contributed by atoms with van der Waals surface area (Å²) in [5.74, 6) is 2.52. The molecule has 0 atom stereocenters. The molecule has 5 heterocycles. The van der Waals surface area contributed by atoms with E-state index in [4.69, 9.17) is 31.8 Å². The summed E-state index contributed by atoms with van der Waals surface area (Å²) in [6.45, 7) is 4.01. The number of carbonyl (C=O) groups is 2. The van der Waals surface area contributed by atoms with E-state index in [0.717, 1.165) is 60.0 Å². The molecule has 2 N–H and O–H groups in total. The summed E-state index contributed by atoms with van der Waals surface area (Å²) in [4.78, 5) is 41.7. The Morgan fingerprint density at radius 1 is 0.750 bits per heavy atom. The Morgan fingerprint density at radius 3 is 1.75 bits per heavy atom. The van der Waals surface area contributed by atoms with Crippen molar-refractivity contribution in [2.45, 2.75) is 75.3 Å². The van der Waals surface area contributed by atoms with E-state index in [2.05, 4.69) is 20.9 Å². The number of rotatable bonds is 7. The lowest BCUT2D eigenvalue weighted by Gasteiger charge is -2.36. The molecule has 2 aliphatic carbocycles. The van der Waals surface area contributed by atoms with Gasteiger partial charge in [-0.3, -0.25) is 0 Å². The number of carboxylic acids is 2. The predicted molar refractivity (Wildman–Crippen MR) is 161 cm³/mol. The third-order valence-corrected chi connectivity index (χ3v) is 8.24. The van der Waals surface area contributed by atoms with Crippen LogP contribution in [0.4, 0.5) is 20.5 Å². The Balaban J connectivity index is 0.000000146. The smallest absolute Gasteiger partial charge is 0.328 e. The standard InChI is InChI=1S/C16H23FN4.C10H11ClFN3.C4H4O4/c17-13-10-21(11-13)15-9-14(18-16(19-15)12-5-6-12)20-7-3-1-2-4-8-20;11-9-3-8(7-4-15(12)5-7)13-10(14-9)6-1-2-6;5-3(6)1-2-4(7)8/h9,12-13H,1-8,10-11H2;3,6-7H,1-2,4-5H2;1-2H,(H,5,6)(H,7,8)/b;;2-1+.